The summed E-state index contributed by atoms with van der Waals surface area (Å²) in [5.74, 6) is -1.29. The summed E-state index contributed by atoms with van der Waals surface area (Å²) in [5, 5.41) is 9.35. The van der Waals surface area contributed by atoms with Gasteiger partial charge in [-0.05, 0) is 57.4 Å². The number of unbranched alkanes of at least 4 members (excludes halogenated alkanes) is 1. The zero-order chi connectivity index (χ0) is 22.4. The van der Waals surface area contributed by atoms with E-state index >= 15 is 0 Å². The van der Waals surface area contributed by atoms with Crippen molar-refractivity contribution in [2.45, 2.75) is 48.9 Å². The number of aryl methyl sites for hydroxylation is 2. The predicted octanol–water partition coefficient (Wildman–Crippen LogP) is 2.18. The van der Waals surface area contributed by atoms with Crippen LogP contribution in [0.3, 0.4) is 0 Å². The van der Waals surface area contributed by atoms with Crippen molar-refractivity contribution in [3.05, 3.63) is 59.7 Å². The molecule has 0 spiro atoms. The molecule has 0 heterocycles. The molecule has 0 saturated carbocycles. The minimum Gasteiger partial charge on any atom is -0.480 e. The van der Waals surface area contributed by atoms with Crippen LogP contribution in [0.15, 0.2) is 58.3 Å². The van der Waals surface area contributed by atoms with Gasteiger partial charge in [0.05, 0.1) is 9.79 Å². The van der Waals surface area contributed by atoms with Gasteiger partial charge >= 0.3 is 5.97 Å². The van der Waals surface area contributed by atoms with Crippen molar-refractivity contribution < 1.29 is 26.7 Å². The number of hydrogen-bond donors (Lipinski definition) is 3. The second-order valence-corrected chi connectivity index (χ2v) is 10.5. The van der Waals surface area contributed by atoms with Crippen LogP contribution in [-0.4, -0.2) is 40.5 Å². The summed E-state index contributed by atoms with van der Waals surface area (Å²) in [6.07, 6.45) is 0.720. The molecule has 0 aliphatic heterocycles. The summed E-state index contributed by atoms with van der Waals surface area (Å²) in [5.41, 5.74) is 1.83. The van der Waals surface area contributed by atoms with Crippen LogP contribution in [0, 0.1) is 13.8 Å². The topological polar surface area (TPSA) is 130 Å². The lowest BCUT2D eigenvalue weighted by Crippen LogP contribution is -2.40. The predicted molar refractivity (Wildman–Crippen MR) is 113 cm³/mol. The Balaban J connectivity index is 1.87. The first kappa shape index (κ1) is 24.0. The highest BCUT2D eigenvalue weighted by atomic mass is 32.2. The Bertz CT molecular complexity index is 1060. The number of carboxylic acid groups (broad SMARTS) is 1. The number of hydrogen-bond acceptors (Lipinski definition) is 5. The quantitative estimate of drug-likeness (QED) is 0.446. The van der Waals surface area contributed by atoms with Gasteiger partial charge in [-0.3, -0.25) is 4.79 Å². The van der Waals surface area contributed by atoms with Crippen LogP contribution in [0.5, 0.6) is 0 Å². The first-order valence-electron chi connectivity index (χ1n) is 9.39. The number of carbonyl (C=O) groups is 1. The van der Waals surface area contributed by atoms with E-state index in [2.05, 4.69) is 9.44 Å². The summed E-state index contributed by atoms with van der Waals surface area (Å²) in [6.45, 7) is 3.79. The van der Waals surface area contributed by atoms with Crippen LogP contribution < -0.4 is 9.44 Å². The number of sulfonamides is 2. The summed E-state index contributed by atoms with van der Waals surface area (Å²) < 4.78 is 53.9. The third kappa shape index (κ3) is 6.91. The van der Waals surface area contributed by atoms with Crippen LogP contribution in [0.4, 0.5) is 0 Å². The standard InChI is InChI=1S/C20H26N2O6S2/c1-15-6-10-17(11-7-15)29(25,26)21-14-4-3-5-19(20(23)24)22-30(27,28)18-12-8-16(2)9-13-18/h6-13,19,21-22H,3-5,14H2,1-2H3,(H,23,24). The molecule has 0 aromatic heterocycles. The number of nitrogens with one attached hydrogen (secondary N) is 2. The Kier molecular flexibility index (Phi) is 8.13. The van der Waals surface area contributed by atoms with Crippen molar-refractivity contribution in [2.75, 3.05) is 6.54 Å². The number of rotatable bonds is 11. The van der Waals surface area contributed by atoms with Gasteiger partial charge in [0.25, 0.3) is 0 Å². The minimum atomic E-state index is -3.97. The molecule has 0 amide bonds. The Morgan fingerprint density at radius 1 is 0.833 bits per heavy atom. The van der Waals surface area contributed by atoms with Crippen molar-refractivity contribution in [1.29, 1.82) is 0 Å². The summed E-state index contributed by atoms with van der Waals surface area (Å²) in [4.78, 5) is 11.6. The van der Waals surface area contributed by atoms with Crippen molar-refractivity contribution in [1.82, 2.24) is 9.44 Å². The van der Waals surface area contributed by atoms with Gasteiger partial charge in [-0.2, -0.15) is 4.72 Å². The highest BCUT2D eigenvalue weighted by Gasteiger charge is 2.25. The lowest BCUT2D eigenvalue weighted by molar-refractivity contribution is -0.139. The molecule has 3 N–H and O–H groups in total. The van der Waals surface area contributed by atoms with E-state index < -0.39 is 32.1 Å². The van der Waals surface area contributed by atoms with Gasteiger partial charge in [0.15, 0.2) is 0 Å². The second-order valence-electron chi connectivity index (χ2n) is 7.03. The third-order valence-electron chi connectivity index (χ3n) is 4.47. The fourth-order valence-corrected chi connectivity index (χ4v) is 4.98. The zero-order valence-electron chi connectivity index (χ0n) is 16.8. The molecule has 30 heavy (non-hydrogen) atoms. The van der Waals surface area contributed by atoms with Crippen molar-refractivity contribution >= 4 is 26.0 Å². The molecule has 164 valence electrons. The van der Waals surface area contributed by atoms with Gasteiger partial charge in [0.2, 0.25) is 20.0 Å². The number of aliphatic carboxylic acids is 1. The first-order chi connectivity index (χ1) is 14.0. The van der Waals surface area contributed by atoms with Crippen LogP contribution >= 0.6 is 0 Å². The second kappa shape index (κ2) is 10.2. The fourth-order valence-electron chi connectivity index (χ4n) is 2.69. The maximum atomic E-state index is 12.4. The van der Waals surface area contributed by atoms with E-state index in [9.17, 15) is 26.7 Å². The monoisotopic (exact) mass is 454 g/mol. The van der Waals surface area contributed by atoms with Crippen LogP contribution in [0.25, 0.3) is 0 Å². The molecule has 0 aliphatic rings. The summed E-state index contributed by atoms with van der Waals surface area (Å²) in [6, 6.07) is 11.2. The molecule has 2 aromatic carbocycles. The van der Waals surface area contributed by atoms with Gasteiger partial charge in [0.1, 0.15) is 6.04 Å². The van der Waals surface area contributed by atoms with E-state index in [0.717, 1.165) is 11.1 Å². The van der Waals surface area contributed by atoms with Crippen LogP contribution in [0.1, 0.15) is 30.4 Å². The van der Waals surface area contributed by atoms with Crippen molar-refractivity contribution in [2.24, 2.45) is 0 Å². The maximum Gasteiger partial charge on any atom is 0.321 e. The van der Waals surface area contributed by atoms with E-state index in [1.54, 1.807) is 24.3 Å². The van der Waals surface area contributed by atoms with Gasteiger partial charge in [-0.15, -0.1) is 0 Å². The highest BCUT2D eigenvalue weighted by molar-refractivity contribution is 7.89. The lowest BCUT2D eigenvalue weighted by atomic mass is 10.1. The SMILES string of the molecule is Cc1ccc(S(=O)(=O)NCCCCC(NS(=O)(=O)c2ccc(C)cc2)C(=O)O)cc1. The molecule has 0 fully saturated rings. The summed E-state index contributed by atoms with van der Waals surface area (Å²) in [7, 11) is -7.61. The molecule has 0 aliphatic carbocycles. The molecular weight excluding hydrogens is 428 g/mol. The van der Waals surface area contributed by atoms with E-state index in [-0.39, 0.29) is 22.8 Å². The molecule has 10 heteroatoms. The van der Waals surface area contributed by atoms with Gasteiger partial charge in [-0.1, -0.05) is 35.4 Å². The average Bonchev–Trinajstić information content (AvgIpc) is 2.67. The van der Waals surface area contributed by atoms with Crippen LogP contribution in [-0.2, 0) is 24.8 Å². The van der Waals surface area contributed by atoms with Gasteiger partial charge in [-0.25, -0.2) is 21.6 Å². The smallest absolute Gasteiger partial charge is 0.321 e. The molecule has 2 rings (SSSR count). The largest absolute Gasteiger partial charge is 0.480 e. The molecular formula is C20H26N2O6S2. The normalized spacial score (nSPS) is 13.1. The molecule has 1 unspecified atom stereocenters. The van der Waals surface area contributed by atoms with Gasteiger partial charge in [0, 0.05) is 6.54 Å². The van der Waals surface area contributed by atoms with Crippen LogP contribution in [0.2, 0.25) is 0 Å². The Morgan fingerprint density at radius 2 is 1.30 bits per heavy atom. The van der Waals surface area contributed by atoms with E-state index in [1.807, 2.05) is 13.8 Å². The maximum absolute atomic E-state index is 12.4. The lowest BCUT2D eigenvalue weighted by Gasteiger charge is -2.15. The Labute approximate surface area is 177 Å². The third-order valence-corrected chi connectivity index (χ3v) is 7.43. The first-order valence-corrected chi connectivity index (χ1v) is 12.4. The molecule has 0 radical (unpaired) electrons. The number of benzene rings is 2. The number of carboxylic acids is 1. The Hall–Kier alpha value is -2.27. The van der Waals surface area contributed by atoms with E-state index in [4.69, 9.17) is 0 Å². The minimum absolute atomic E-state index is 0.00907. The van der Waals surface area contributed by atoms with E-state index in [1.165, 1.54) is 24.3 Å². The molecule has 8 nitrogen and oxygen atoms in total. The van der Waals surface area contributed by atoms with Crippen molar-refractivity contribution in [3.8, 4) is 0 Å². The molecule has 1 atom stereocenters. The van der Waals surface area contributed by atoms with Gasteiger partial charge < -0.3 is 5.11 Å². The highest BCUT2D eigenvalue weighted by Crippen LogP contribution is 2.13. The molecule has 2 aromatic rings. The summed E-state index contributed by atoms with van der Waals surface area (Å²) >= 11 is 0. The zero-order valence-corrected chi connectivity index (χ0v) is 18.5. The molecule has 0 bridgehead atoms. The molecule has 0 saturated heterocycles. The van der Waals surface area contributed by atoms with E-state index in [0.29, 0.717) is 12.8 Å². The average molecular weight is 455 g/mol. The fraction of sp³-hybridized carbons (Fsp3) is 0.350. The van der Waals surface area contributed by atoms with Crippen molar-refractivity contribution in [3.63, 3.8) is 0 Å². The Morgan fingerprint density at radius 3 is 1.77 bits per heavy atom.